The van der Waals surface area contributed by atoms with Gasteiger partial charge >= 0.3 is 6.03 Å². The van der Waals surface area contributed by atoms with Crippen molar-refractivity contribution in [3.63, 3.8) is 0 Å². The highest BCUT2D eigenvalue weighted by Gasteiger charge is 2.47. The fraction of sp³-hybridized carbons (Fsp3) is 0.533. The molecule has 2 aromatic rings. The smallest absolute Gasteiger partial charge is 0.315 e. The standard InChI is InChI=1S/C15H20N4O4/c1-7(2)19(14(16)21)12-8-5-9-10(18-23-17-9)6-11(8)22-15(3,4)13(12)20/h5-7,12-13,20H,1-4H3,(H2,16,21). The molecule has 8 nitrogen and oxygen atoms in total. The van der Waals surface area contributed by atoms with Gasteiger partial charge in [0.2, 0.25) is 0 Å². The van der Waals surface area contributed by atoms with Gasteiger partial charge in [-0.3, -0.25) is 0 Å². The average molecular weight is 320 g/mol. The Kier molecular flexibility index (Phi) is 3.44. The lowest BCUT2D eigenvalue weighted by Crippen LogP contribution is -2.57. The van der Waals surface area contributed by atoms with E-state index in [-0.39, 0.29) is 6.04 Å². The minimum absolute atomic E-state index is 0.194. The van der Waals surface area contributed by atoms with Crippen molar-refractivity contribution in [2.24, 2.45) is 5.73 Å². The van der Waals surface area contributed by atoms with Crippen LogP contribution in [-0.4, -0.2) is 44.1 Å². The highest BCUT2D eigenvalue weighted by molar-refractivity contribution is 5.78. The first-order valence-electron chi connectivity index (χ1n) is 7.43. The summed E-state index contributed by atoms with van der Waals surface area (Å²) in [6.45, 7) is 7.21. The van der Waals surface area contributed by atoms with E-state index in [4.69, 9.17) is 15.1 Å². The number of urea groups is 1. The van der Waals surface area contributed by atoms with Crippen molar-refractivity contribution in [1.29, 1.82) is 0 Å². The molecule has 0 radical (unpaired) electrons. The molecule has 2 unspecified atom stereocenters. The third-order valence-electron chi connectivity index (χ3n) is 4.20. The van der Waals surface area contributed by atoms with E-state index in [1.165, 1.54) is 4.90 Å². The number of nitrogens with two attached hydrogens (primary N) is 1. The van der Waals surface area contributed by atoms with Crippen LogP contribution in [-0.2, 0) is 0 Å². The van der Waals surface area contributed by atoms with Crippen molar-refractivity contribution in [1.82, 2.24) is 15.2 Å². The summed E-state index contributed by atoms with van der Waals surface area (Å²) in [5, 5.41) is 18.4. The van der Waals surface area contributed by atoms with E-state index in [9.17, 15) is 9.90 Å². The molecule has 3 rings (SSSR count). The molecule has 0 spiro atoms. The SMILES string of the molecule is CC(C)N(C(N)=O)C1c2cc3nonc3cc2OC(C)(C)C1O. The molecule has 0 bridgehead atoms. The van der Waals surface area contributed by atoms with Gasteiger partial charge in [-0.25, -0.2) is 9.42 Å². The van der Waals surface area contributed by atoms with Crippen LogP contribution in [0, 0.1) is 0 Å². The van der Waals surface area contributed by atoms with Gasteiger partial charge in [0.05, 0.1) is 6.04 Å². The van der Waals surface area contributed by atoms with Gasteiger partial charge in [0.1, 0.15) is 28.5 Å². The third-order valence-corrected chi connectivity index (χ3v) is 4.20. The number of fused-ring (bicyclic) bond motifs is 2. The summed E-state index contributed by atoms with van der Waals surface area (Å²) in [6, 6.07) is 1.96. The Bertz CT molecular complexity index is 755. The molecule has 1 aliphatic heterocycles. The minimum atomic E-state index is -0.956. The molecule has 1 aromatic carbocycles. The van der Waals surface area contributed by atoms with Crippen LogP contribution in [0.15, 0.2) is 16.8 Å². The minimum Gasteiger partial charge on any atom is -0.485 e. The molecule has 0 fully saturated rings. The lowest BCUT2D eigenvalue weighted by molar-refractivity contribution is -0.0882. The van der Waals surface area contributed by atoms with E-state index >= 15 is 0 Å². The molecule has 1 aromatic heterocycles. The predicted molar refractivity (Wildman–Crippen MR) is 81.8 cm³/mol. The van der Waals surface area contributed by atoms with Crippen molar-refractivity contribution in [2.75, 3.05) is 0 Å². The topological polar surface area (TPSA) is 115 Å². The zero-order valence-corrected chi connectivity index (χ0v) is 13.5. The number of hydrogen-bond donors (Lipinski definition) is 2. The molecule has 0 saturated carbocycles. The zero-order valence-electron chi connectivity index (χ0n) is 13.5. The van der Waals surface area contributed by atoms with Crippen LogP contribution in [0.4, 0.5) is 4.79 Å². The number of carbonyl (C=O) groups excluding carboxylic acids is 1. The van der Waals surface area contributed by atoms with Gasteiger partial charge in [-0.1, -0.05) is 0 Å². The molecule has 2 atom stereocenters. The maximum absolute atomic E-state index is 12.0. The first-order valence-corrected chi connectivity index (χ1v) is 7.43. The molecule has 3 N–H and O–H groups in total. The van der Waals surface area contributed by atoms with Crippen LogP contribution >= 0.6 is 0 Å². The first kappa shape index (κ1) is 15.5. The molecule has 2 amide bonds. The van der Waals surface area contributed by atoms with Gasteiger partial charge in [-0.2, -0.15) is 0 Å². The molecule has 8 heteroatoms. The fourth-order valence-corrected chi connectivity index (χ4v) is 3.06. The molecular weight excluding hydrogens is 300 g/mol. The van der Waals surface area contributed by atoms with E-state index in [1.807, 2.05) is 13.8 Å². The van der Waals surface area contributed by atoms with Crippen LogP contribution in [0.2, 0.25) is 0 Å². The number of hydrogen-bond acceptors (Lipinski definition) is 6. The van der Waals surface area contributed by atoms with E-state index in [2.05, 4.69) is 10.3 Å². The number of nitrogens with zero attached hydrogens (tertiary/aromatic N) is 3. The molecule has 0 saturated heterocycles. The van der Waals surface area contributed by atoms with Crippen molar-refractivity contribution < 1.29 is 19.3 Å². The lowest BCUT2D eigenvalue weighted by atomic mass is 9.85. The highest BCUT2D eigenvalue weighted by atomic mass is 16.6. The van der Waals surface area contributed by atoms with Crippen LogP contribution in [0.3, 0.4) is 0 Å². The predicted octanol–water partition coefficient (Wildman–Crippen LogP) is 1.58. The first-order chi connectivity index (χ1) is 10.7. The number of aliphatic hydroxyl groups excluding tert-OH is 1. The Balaban J connectivity index is 2.22. The third kappa shape index (κ3) is 2.39. The Hall–Kier alpha value is -2.35. The van der Waals surface area contributed by atoms with Crippen molar-refractivity contribution in [3.05, 3.63) is 17.7 Å². The van der Waals surface area contributed by atoms with Crippen LogP contribution < -0.4 is 10.5 Å². The van der Waals surface area contributed by atoms with Gasteiger partial charge in [-0.05, 0) is 44.1 Å². The van der Waals surface area contributed by atoms with Gasteiger partial charge in [0.25, 0.3) is 0 Å². The summed E-state index contributed by atoms with van der Waals surface area (Å²) in [5.74, 6) is 0.528. The quantitative estimate of drug-likeness (QED) is 0.868. The van der Waals surface area contributed by atoms with E-state index < -0.39 is 23.8 Å². The lowest BCUT2D eigenvalue weighted by Gasteiger charge is -2.46. The summed E-state index contributed by atoms with van der Waals surface area (Å²) >= 11 is 0. The summed E-state index contributed by atoms with van der Waals surface area (Å²) in [5.41, 5.74) is 6.36. The number of amides is 2. The van der Waals surface area contributed by atoms with Crippen LogP contribution in [0.1, 0.15) is 39.3 Å². The average Bonchev–Trinajstić information content (AvgIpc) is 2.87. The number of carbonyl (C=O) groups is 1. The van der Waals surface area contributed by atoms with E-state index in [0.717, 1.165) is 0 Å². The maximum atomic E-state index is 12.0. The number of ether oxygens (including phenoxy) is 1. The second kappa shape index (κ2) is 5.09. The number of primary amides is 1. The molecule has 2 heterocycles. The van der Waals surface area contributed by atoms with E-state index in [0.29, 0.717) is 22.3 Å². The van der Waals surface area contributed by atoms with Crippen LogP contribution in [0.5, 0.6) is 5.75 Å². The normalized spacial score (nSPS) is 22.7. The number of rotatable bonds is 2. The van der Waals surface area contributed by atoms with Crippen molar-refractivity contribution in [2.45, 2.75) is 51.5 Å². The van der Waals surface area contributed by atoms with Gasteiger partial charge in [0.15, 0.2) is 0 Å². The van der Waals surface area contributed by atoms with Gasteiger partial charge < -0.3 is 20.5 Å². The molecule has 124 valence electrons. The number of benzene rings is 1. The largest absolute Gasteiger partial charge is 0.485 e. The maximum Gasteiger partial charge on any atom is 0.315 e. The van der Waals surface area contributed by atoms with Crippen molar-refractivity contribution in [3.8, 4) is 5.75 Å². The van der Waals surface area contributed by atoms with Crippen LogP contribution in [0.25, 0.3) is 11.0 Å². The second-order valence-corrected chi connectivity index (χ2v) is 6.58. The second-order valence-electron chi connectivity index (χ2n) is 6.58. The Morgan fingerprint density at radius 2 is 1.96 bits per heavy atom. The molecule has 1 aliphatic rings. The number of aliphatic hydroxyl groups is 1. The monoisotopic (exact) mass is 320 g/mol. The summed E-state index contributed by atoms with van der Waals surface area (Å²) < 4.78 is 10.6. The molecule has 23 heavy (non-hydrogen) atoms. The summed E-state index contributed by atoms with van der Waals surface area (Å²) in [6.07, 6.45) is -0.956. The Morgan fingerprint density at radius 1 is 1.35 bits per heavy atom. The summed E-state index contributed by atoms with van der Waals surface area (Å²) in [4.78, 5) is 13.4. The highest BCUT2D eigenvalue weighted by Crippen LogP contribution is 2.44. The Morgan fingerprint density at radius 3 is 2.52 bits per heavy atom. The number of aromatic nitrogens is 2. The van der Waals surface area contributed by atoms with E-state index in [1.54, 1.807) is 26.0 Å². The Labute approximate surface area is 133 Å². The fourth-order valence-electron chi connectivity index (χ4n) is 3.06. The zero-order chi connectivity index (χ0) is 16.9. The van der Waals surface area contributed by atoms with Gasteiger partial charge in [0, 0.05) is 17.7 Å². The molecule has 0 aliphatic carbocycles. The molecular formula is C15H20N4O4. The van der Waals surface area contributed by atoms with Gasteiger partial charge in [-0.15, -0.1) is 0 Å². The summed E-state index contributed by atoms with van der Waals surface area (Å²) in [7, 11) is 0. The van der Waals surface area contributed by atoms with Crippen molar-refractivity contribution >= 4 is 17.1 Å².